The van der Waals surface area contributed by atoms with Crippen LogP contribution < -0.4 is 9.64 Å². The highest BCUT2D eigenvalue weighted by Crippen LogP contribution is 2.18. The maximum atomic E-state index is 12.5. The van der Waals surface area contributed by atoms with Crippen molar-refractivity contribution in [3.8, 4) is 5.75 Å². The number of benzene rings is 2. The van der Waals surface area contributed by atoms with E-state index in [0.717, 1.165) is 32.0 Å². The number of anilines is 1. The van der Waals surface area contributed by atoms with Gasteiger partial charge in [-0.2, -0.15) is 0 Å². The third kappa shape index (κ3) is 5.85. The average Bonchev–Trinajstić information content (AvgIpc) is 2.84. The van der Waals surface area contributed by atoms with Crippen LogP contribution in [0, 0.1) is 0 Å². The smallest absolute Gasteiger partial charge is 0.193 e. The quantitative estimate of drug-likeness (QED) is 0.528. The Balaban J connectivity index is 1.22. The highest BCUT2D eigenvalue weighted by molar-refractivity contribution is 6.30. The molecule has 2 heterocycles. The summed E-state index contributed by atoms with van der Waals surface area (Å²) in [6.45, 7) is 4.26. The topological polar surface area (TPSA) is 65.9 Å². The van der Waals surface area contributed by atoms with E-state index in [1.165, 1.54) is 0 Å². The van der Waals surface area contributed by atoms with E-state index in [9.17, 15) is 9.90 Å². The number of hydrogen-bond acceptors (Lipinski definition) is 6. The molecule has 4 rings (SSSR count). The molecule has 3 aromatic rings. The van der Waals surface area contributed by atoms with Gasteiger partial charge < -0.3 is 14.7 Å². The van der Waals surface area contributed by atoms with Gasteiger partial charge in [0.1, 0.15) is 24.3 Å². The number of aliphatic hydroxyl groups excluding tert-OH is 1. The molecule has 7 heteroatoms. The second-order valence-electron chi connectivity index (χ2n) is 7.80. The molecule has 0 spiro atoms. The molecule has 1 saturated heterocycles. The fourth-order valence-corrected chi connectivity index (χ4v) is 3.84. The number of pyridine rings is 1. The normalized spacial score (nSPS) is 15.4. The van der Waals surface area contributed by atoms with Crippen molar-refractivity contribution in [3.63, 3.8) is 0 Å². The molecule has 1 fully saturated rings. The van der Waals surface area contributed by atoms with Crippen LogP contribution in [0.1, 0.15) is 15.9 Å². The minimum atomic E-state index is -0.591. The molecule has 0 saturated carbocycles. The van der Waals surface area contributed by atoms with E-state index in [0.29, 0.717) is 28.4 Å². The number of aromatic nitrogens is 1. The first-order chi connectivity index (χ1) is 15.6. The monoisotopic (exact) mass is 451 g/mol. The Bertz CT molecular complexity index is 1000. The number of aliphatic hydroxyl groups is 1. The van der Waals surface area contributed by atoms with Crippen molar-refractivity contribution in [2.45, 2.75) is 6.10 Å². The summed E-state index contributed by atoms with van der Waals surface area (Å²) < 4.78 is 5.73. The summed E-state index contributed by atoms with van der Waals surface area (Å²) in [5.41, 5.74) is 1.16. The minimum absolute atomic E-state index is 0.0712. The Labute approximate surface area is 193 Å². The number of carbonyl (C=O) groups excluding carboxylic acids is 1. The summed E-state index contributed by atoms with van der Waals surface area (Å²) in [5, 5.41) is 11.0. The summed E-state index contributed by atoms with van der Waals surface area (Å²) in [7, 11) is 0. The summed E-state index contributed by atoms with van der Waals surface area (Å²) in [6.07, 6.45) is 1.22. The van der Waals surface area contributed by atoms with Crippen LogP contribution in [0.3, 0.4) is 0 Å². The minimum Gasteiger partial charge on any atom is -0.491 e. The van der Waals surface area contributed by atoms with Gasteiger partial charge in [-0.3, -0.25) is 9.69 Å². The molecule has 6 nitrogen and oxygen atoms in total. The molecule has 1 aliphatic heterocycles. The lowest BCUT2D eigenvalue weighted by Gasteiger charge is -2.36. The summed E-state index contributed by atoms with van der Waals surface area (Å²) >= 11 is 5.88. The number of ketones is 1. The van der Waals surface area contributed by atoms with Crippen LogP contribution in [0.15, 0.2) is 72.9 Å². The Hall–Kier alpha value is -2.93. The number of piperazine rings is 1. The van der Waals surface area contributed by atoms with E-state index in [4.69, 9.17) is 16.3 Å². The number of rotatable bonds is 8. The maximum Gasteiger partial charge on any atom is 0.193 e. The largest absolute Gasteiger partial charge is 0.491 e. The fourth-order valence-electron chi connectivity index (χ4n) is 3.71. The molecule has 1 atom stereocenters. The van der Waals surface area contributed by atoms with Gasteiger partial charge in [0, 0.05) is 55.1 Å². The molecule has 0 amide bonds. The van der Waals surface area contributed by atoms with Crippen molar-refractivity contribution in [2.75, 3.05) is 44.2 Å². The van der Waals surface area contributed by atoms with Gasteiger partial charge in [0.15, 0.2) is 5.78 Å². The Kier molecular flexibility index (Phi) is 7.37. The highest BCUT2D eigenvalue weighted by atomic mass is 35.5. The van der Waals surface area contributed by atoms with Crippen LogP contribution in [0.25, 0.3) is 0 Å². The van der Waals surface area contributed by atoms with Gasteiger partial charge in [-0.15, -0.1) is 0 Å². The molecule has 32 heavy (non-hydrogen) atoms. The van der Waals surface area contributed by atoms with Crippen LogP contribution >= 0.6 is 11.6 Å². The van der Waals surface area contributed by atoms with Crippen molar-refractivity contribution >= 4 is 23.2 Å². The van der Waals surface area contributed by atoms with Crippen molar-refractivity contribution in [2.24, 2.45) is 0 Å². The van der Waals surface area contributed by atoms with E-state index >= 15 is 0 Å². The van der Waals surface area contributed by atoms with Gasteiger partial charge in [0.05, 0.1) is 0 Å². The van der Waals surface area contributed by atoms with E-state index in [1.807, 2.05) is 24.4 Å². The molecule has 1 aliphatic rings. The van der Waals surface area contributed by atoms with Gasteiger partial charge in [-0.1, -0.05) is 17.7 Å². The zero-order valence-corrected chi connectivity index (χ0v) is 18.5. The summed E-state index contributed by atoms with van der Waals surface area (Å²) in [4.78, 5) is 21.4. The van der Waals surface area contributed by atoms with E-state index < -0.39 is 6.10 Å². The molecule has 1 aromatic heterocycles. The standard InChI is InChI=1S/C25H26ClN3O3/c26-21-8-4-19(5-9-21)25(31)20-6-10-23(11-7-20)32-18-22(30)17-28-13-15-29(16-14-28)24-3-1-2-12-27-24/h1-12,22,30H,13-18H2/t22-/m1/s1. The number of nitrogens with zero attached hydrogens (tertiary/aromatic N) is 3. The lowest BCUT2D eigenvalue weighted by Crippen LogP contribution is -2.49. The predicted molar refractivity (Wildman–Crippen MR) is 126 cm³/mol. The fraction of sp³-hybridized carbons (Fsp3) is 0.280. The molecule has 0 radical (unpaired) electrons. The Morgan fingerprint density at radius 3 is 2.25 bits per heavy atom. The Morgan fingerprint density at radius 1 is 0.969 bits per heavy atom. The Morgan fingerprint density at radius 2 is 1.62 bits per heavy atom. The molecular formula is C25H26ClN3O3. The zero-order chi connectivity index (χ0) is 22.3. The molecule has 1 N–H and O–H groups in total. The van der Waals surface area contributed by atoms with Gasteiger partial charge in [0.25, 0.3) is 0 Å². The van der Waals surface area contributed by atoms with Crippen LogP contribution in [0.4, 0.5) is 5.82 Å². The van der Waals surface area contributed by atoms with Crippen molar-refractivity contribution in [1.82, 2.24) is 9.88 Å². The first-order valence-electron chi connectivity index (χ1n) is 10.7. The van der Waals surface area contributed by atoms with Crippen molar-refractivity contribution < 1.29 is 14.6 Å². The van der Waals surface area contributed by atoms with Gasteiger partial charge in [-0.25, -0.2) is 4.98 Å². The summed E-state index contributed by atoms with van der Waals surface area (Å²) in [6, 6.07) is 19.7. The first-order valence-corrected chi connectivity index (χ1v) is 11.1. The second kappa shape index (κ2) is 10.6. The van der Waals surface area contributed by atoms with E-state index in [2.05, 4.69) is 14.8 Å². The third-order valence-electron chi connectivity index (χ3n) is 5.48. The molecular weight excluding hydrogens is 426 g/mol. The maximum absolute atomic E-state index is 12.5. The van der Waals surface area contributed by atoms with Crippen LogP contribution in [0.5, 0.6) is 5.75 Å². The van der Waals surface area contributed by atoms with Gasteiger partial charge in [-0.05, 0) is 60.7 Å². The number of hydrogen-bond donors (Lipinski definition) is 1. The van der Waals surface area contributed by atoms with Crippen LogP contribution in [-0.4, -0.2) is 66.2 Å². The van der Waals surface area contributed by atoms with Gasteiger partial charge in [0.2, 0.25) is 0 Å². The molecule has 0 bridgehead atoms. The lowest BCUT2D eigenvalue weighted by atomic mass is 10.0. The predicted octanol–water partition coefficient (Wildman–Crippen LogP) is 3.53. The zero-order valence-electron chi connectivity index (χ0n) is 17.7. The average molecular weight is 452 g/mol. The number of carbonyl (C=O) groups is 1. The van der Waals surface area contributed by atoms with Crippen molar-refractivity contribution in [3.05, 3.63) is 89.1 Å². The molecule has 0 aliphatic carbocycles. The van der Waals surface area contributed by atoms with E-state index in [1.54, 1.807) is 48.5 Å². The number of β-amino-alcohol motifs (C(OH)–C–C–N with tert-alkyl or cyclic N) is 1. The molecule has 2 aromatic carbocycles. The lowest BCUT2D eigenvalue weighted by molar-refractivity contribution is 0.0662. The van der Waals surface area contributed by atoms with Crippen molar-refractivity contribution in [1.29, 1.82) is 0 Å². The third-order valence-corrected chi connectivity index (χ3v) is 5.73. The van der Waals surface area contributed by atoms with Crippen LogP contribution in [-0.2, 0) is 0 Å². The number of ether oxygens (including phenoxy) is 1. The SMILES string of the molecule is O=C(c1ccc(Cl)cc1)c1ccc(OC[C@H](O)CN2CCN(c3ccccn3)CC2)cc1. The van der Waals surface area contributed by atoms with E-state index in [-0.39, 0.29) is 12.4 Å². The number of halogens is 1. The van der Waals surface area contributed by atoms with Crippen LogP contribution in [0.2, 0.25) is 5.02 Å². The second-order valence-corrected chi connectivity index (χ2v) is 8.24. The first kappa shape index (κ1) is 22.3. The molecule has 0 unspecified atom stereocenters. The summed E-state index contributed by atoms with van der Waals surface area (Å²) in [5.74, 6) is 1.55. The van der Waals surface area contributed by atoms with Gasteiger partial charge >= 0.3 is 0 Å². The molecule has 166 valence electrons. The highest BCUT2D eigenvalue weighted by Gasteiger charge is 2.20.